The summed E-state index contributed by atoms with van der Waals surface area (Å²) in [5.41, 5.74) is 6.71. The highest BCUT2D eigenvalue weighted by molar-refractivity contribution is 6.39. The van der Waals surface area contributed by atoms with Gasteiger partial charge in [-0.3, -0.25) is 9.59 Å². The second-order valence-electron chi connectivity index (χ2n) is 7.75. The highest BCUT2D eigenvalue weighted by Crippen LogP contribution is 2.29. The molecule has 7 nitrogen and oxygen atoms in total. The van der Waals surface area contributed by atoms with E-state index in [9.17, 15) is 14.0 Å². The van der Waals surface area contributed by atoms with Gasteiger partial charge in [-0.15, -0.1) is 0 Å². The van der Waals surface area contributed by atoms with Gasteiger partial charge in [0.1, 0.15) is 12.4 Å². The summed E-state index contributed by atoms with van der Waals surface area (Å²) in [7, 11) is 1.51. The molecule has 0 atom stereocenters. The Morgan fingerprint density at radius 1 is 0.912 bits per heavy atom. The van der Waals surface area contributed by atoms with Gasteiger partial charge in [0, 0.05) is 11.3 Å². The number of carbonyl (C=O) groups is 2. The topological polar surface area (TPSA) is 89.0 Å². The monoisotopic (exact) mass is 463 g/mol. The maximum atomic E-state index is 13.1. The highest BCUT2D eigenvalue weighted by Gasteiger charge is 2.14. The van der Waals surface area contributed by atoms with Gasteiger partial charge in [0.05, 0.1) is 12.8 Å². The second kappa shape index (κ2) is 11.1. The van der Waals surface area contributed by atoms with Crippen molar-refractivity contribution in [3.63, 3.8) is 0 Å². The van der Waals surface area contributed by atoms with Crippen LogP contribution in [0.25, 0.3) is 0 Å². The van der Waals surface area contributed by atoms with E-state index in [-0.39, 0.29) is 12.4 Å². The predicted octanol–water partition coefficient (Wildman–Crippen LogP) is 4.51. The van der Waals surface area contributed by atoms with E-state index in [1.807, 2.05) is 19.9 Å². The van der Waals surface area contributed by atoms with Crippen LogP contribution in [0.5, 0.6) is 11.5 Å². The number of carbonyl (C=O) groups excluding carboxylic acids is 2. The van der Waals surface area contributed by atoms with Gasteiger partial charge in [0.15, 0.2) is 11.5 Å². The number of hydrogen-bond donors (Lipinski definition) is 2. The first-order chi connectivity index (χ1) is 16.2. The Morgan fingerprint density at radius 2 is 1.59 bits per heavy atom. The van der Waals surface area contributed by atoms with E-state index >= 15 is 0 Å². The van der Waals surface area contributed by atoms with E-state index in [0.29, 0.717) is 28.5 Å². The Balaban J connectivity index is 1.62. The molecule has 2 N–H and O–H groups in total. The fraction of sp³-hybridized carbons (Fsp3) is 0.192. The molecule has 0 spiro atoms. The van der Waals surface area contributed by atoms with Crippen molar-refractivity contribution in [2.24, 2.45) is 5.10 Å². The maximum absolute atomic E-state index is 13.1. The minimum atomic E-state index is -0.885. The molecule has 34 heavy (non-hydrogen) atoms. The first-order valence-electron chi connectivity index (χ1n) is 10.5. The molecule has 0 heterocycles. The van der Waals surface area contributed by atoms with Crippen LogP contribution in [0, 0.1) is 19.7 Å². The van der Waals surface area contributed by atoms with Crippen LogP contribution in [0.2, 0.25) is 0 Å². The molecule has 0 fully saturated rings. The van der Waals surface area contributed by atoms with Gasteiger partial charge < -0.3 is 14.8 Å². The molecule has 0 radical (unpaired) electrons. The van der Waals surface area contributed by atoms with Gasteiger partial charge in [-0.2, -0.15) is 5.10 Å². The van der Waals surface area contributed by atoms with Crippen LogP contribution >= 0.6 is 0 Å². The largest absolute Gasteiger partial charge is 0.493 e. The lowest BCUT2D eigenvalue weighted by atomic mass is 10.1. The first kappa shape index (κ1) is 24.4. The lowest BCUT2D eigenvalue weighted by molar-refractivity contribution is -0.136. The van der Waals surface area contributed by atoms with Crippen molar-refractivity contribution in [2.45, 2.75) is 27.4 Å². The number of hydrogen-bond acceptors (Lipinski definition) is 5. The zero-order chi connectivity index (χ0) is 24.7. The summed E-state index contributed by atoms with van der Waals surface area (Å²) < 4.78 is 24.2. The molecule has 3 rings (SSSR count). The molecule has 3 aromatic carbocycles. The van der Waals surface area contributed by atoms with Crippen LogP contribution in [-0.2, 0) is 16.2 Å². The number of rotatable bonds is 7. The third-order valence-electron chi connectivity index (χ3n) is 4.90. The van der Waals surface area contributed by atoms with E-state index < -0.39 is 11.8 Å². The maximum Gasteiger partial charge on any atom is 0.329 e. The summed E-state index contributed by atoms with van der Waals surface area (Å²) in [6.07, 6.45) is 0. The number of nitrogens with one attached hydrogen (secondary N) is 2. The third-order valence-corrected chi connectivity index (χ3v) is 4.90. The van der Waals surface area contributed by atoms with E-state index in [0.717, 1.165) is 16.7 Å². The summed E-state index contributed by atoms with van der Waals surface area (Å²) in [6, 6.07) is 16.7. The average molecular weight is 464 g/mol. The van der Waals surface area contributed by atoms with Gasteiger partial charge in [0.25, 0.3) is 0 Å². The first-order valence-corrected chi connectivity index (χ1v) is 10.5. The van der Waals surface area contributed by atoms with Crippen molar-refractivity contribution < 1.29 is 23.5 Å². The van der Waals surface area contributed by atoms with Gasteiger partial charge in [-0.1, -0.05) is 18.2 Å². The van der Waals surface area contributed by atoms with Crippen LogP contribution in [-0.4, -0.2) is 24.6 Å². The van der Waals surface area contributed by atoms with Crippen LogP contribution < -0.4 is 20.2 Å². The smallest absolute Gasteiger partial charge is 0.329 e. The van der Waals surface area contributed by atoms with Crippen molar-refractivity contribution in [3.8, 4) is 11.5 Å². The summed E-state index contributed by atoms with van der Waals surface area (Å²) in [6.45, 7) is 5.75. The summed E-state index contributed by atoms with van der Waals surface area (Å²) in [5.74, 6) is -1.04. The zero-order valence-corrected chi connectivity index (χ0v) is 19.4. The molecule has 176 valence electrons. The number of amides is 2. The molecule has 3 aromatic rings. The molecular formula is C26H26FN3O4. The molecule has 2 amide bonds. The lowest BCUT2D eigenvalue weighted by Crippen LogP contribution is -2.33. The predicted molar refractivity (Wildman–Crippen MR) is 129 cm³/mol. The zero-order valence-electron chi connectivity index (χ0n) is 19.4. The minimum absolute atomic E-state index is 0.245. The van der Waals surface area contributed by atoms with Gasteiger partial charge in [0.2, 0.25) is 0 Å². The SMILES string of the molecule is COc1cc(/C(C)=N/NC(=O)C(=O)Nc2cc(C)cc(C)c2)ccc1OCc1ccc(F)cc1. The van der Waals surface area contributed by atoms with Gasteiger partial charge >= 0.3 is 11.8 Å². The number of aryl methyl sites for hydroxylation is 2. The summed E-state index contributed by atoms with van der Waals surface area (Å²) in [4.78, 5) is 24.4. The van der Waals surface area contributed by atoms with Crippen molar-refractivity contribution in [1.82, 2.24) is 5.43 Å². The van der Waals surface area contributed by atoms with Gasteiger partial charge in [-0.25, -0.2) is 9.82 Å². The number of benzene rings is 3. The minimum Gasteiger partial charge on any atom is -0.493 e. The Morgan fingerprint density at radius 3 is 2.24 bits per heavy atom. The van der Waals surface area contributed by atoms with Crippen molar-refractivity contribution in [2.75, 3.05) is 12.4 Å². The summed E-state index contributed by atoms with van der Waals surface area (Å²) in [5, 5.41) is 6.59. The molecule has 0 unspecified atom stereocenters. The van der Waals surface area contributed by atoms with Crippen LogP contribution in [0.1, 0.15) is 29.2 Å². The Labute approximate surface area is 197 Å². The molecule has 0 aromatic heterocycles. The van der Waals surface area contributed by atoms with Crippen LogP contribution in [0.15, 0.2) is 65.8 Å². The molecule has 0 aliphatic carbocycles. The Hall–Kier alpha value is -4.20. The molecule has 0 saturated carbocycles. The fourth-order valence-corrected chi connectivity index (χ4v) is 3.24. The van der Waals surface area contributed by atoms with Crippen LogP contribution in [0.3, 0.4) is 0 Å². The van der Waals surface area contributed by atoms with E-state index in [2.05, 4.69) is 15.8 Å². The molecule has 8 heteroatoms. The molecule has 0 bridgehead atoms. The number of ether oxygens (including phenoxy) is 2. The fourth-order valence-electron chi connectivity index (χ4n) is 3.24. The Kier molecular flexibility index (Phi) is 7.97. The van der Waals surface area contributed by atoms with Crippen LogP contribution in [0.4, 0.5) is 10.1 Å². The average Bonchev–Trinajstić information content (AvgIpc) is 2.81. The van der Waals surface area contributed by atoms with E-state index in [1.165, 1.54) is 19.2 Å². The normalized spacial score (nSPS) is 11.0. The molecule has 0 saturated heterocycles. The van der Waals surface area contributed by atoms with Gasteiger partial charge in [-0.05, 0) is 79.9 Å². The number of hydrazone groups is 1. The van der Waals surface area contributed by atoms with Crippen molar-refractivity contribution in [1.29, 1.82) is 0 Å². The van der Waals surface area contributed by atoms with E-state index in [1.54, 1.807) is 49.4 Å². The number of halogens is 1. The molecule has 0 aliphatic rings. The standard InChI is InChI=1S/C26H26FN3O4/c1-16-11-17(2)13-22(12-16)28-25(31)26(32)30-29-18(3)20-7-10-23(24(14-20)33-4)34-15-19-5-8-21(27)9-6-19/h5-14H,15H2,1-4H3,(H,28,31)(H,30,32)/b29-18+. The Bertz CT molecular complexity index is 1200. The summed E-state index contributed by atoms with van der Waals surface area (Å²) >= 11 is 0. The third kappa shape index (κ3) is 6.65. The quantitative estimate of drug-likeness (QED) is 0.307. The van der Waals surface area contributed by atoms with Crippen molar-refractivity contribution >= 4 is 23.2 Å². The lowest BCUT2D eigenvalue weighted by Gasteiger charge is -2.12. The van der Waals surface area contributed by atoms with E-state index in [4.69, 9.17) is 9.47 Å². The molecule has 0 aliphatic heterocycles. The number of nitrogens with zero attached hydrogens (tertiary/aromatic N) is 1. The van der Waals surface area contributed by atoms with Crippen molar-refractivity contribution in [3.05, 3.63) is 88.7 Å². The number of methoxy groups -OCH3 is 1. The number of anilines is 1. The second-order valence-corrected chi connectivity index (χ2v) is 7.75. The molecular weight excluding hydrogens is 437 g/mol. The highest BCUT2D eigenvalue weighted by atomic mass is 19.1.